The van der Waals surface area contributed by atoms with Crippen molar-refractivity contribution in [2.24, 2.45) is 0 Å². The Kier molecular flexibility index (Phi) is 4.94. The summed E-state index contributed by atoms with van der Waals surface area (Å²) in [5, 5.41) is 2.70. The van der Waals surface area contributed by atoms with Crippen molar-refractivity contribution in [3.63, 3.8) is 0 Å². The molecule has 0 bridgehead atoms. The van der Waals surface area contributed by atoms with E-state index in [-0.39, 0.29) is 16.8 Å². The normalized spacial score (nSPS) is 11.0. The highest BCUT2D eigenvalue weighted by atomic mass is 32.2. The predicted molar refractivity (Wildman–Crippen MR) is 97.8 cm³/mol. The number of aromatic nitrogens is 2. The summed E-state index contributed by atoms with van der Waals surface area (Å²) in [6.07, 6.45) is 1.44. The number of benzene rings is 2. The van der Waals surface area contributed by atoms with Crippen LogP contribution in [-0.4, -0.2) is 24.3 Å². The van der Waals surface area contributed by atoms with Gasteiger partial charge in [-0.25, -0.2) is 8.42 Å². The minimum absolute atomic E-state index is 0.0136. The second-order valence-electron chi connectivity index (χ2n) is 5.41. The maximum Gasteiger partial charge on any atom is 0.255 e. The Bertz CT molecular complexity index is 1020. The third kappa shape index (κ3) is 4.22. The van der Waals surface area contributed by atoms with E-state index in [0.29, 0.717) is 16.9 Å². The van der Waals surface area contributed by atoms with E-state index in [9.17, 15) is 13.2 Å². The lowest BCUT2D eigenvalue weighted by Gasteiger charge is -2.14. The number of aryl methyl sites for hydroxylation is 1. The topological polar surface area (TPSA) is 103 Å². The number of amides is 1. The van der Waals surface area contributed by atoms with E-state index in [2.05, 4.69) is 20.0 Å². The monoisotopic (exact) mass is 367 g/mol. The fourth-order valence-corrected chi connectivity index (χ4v) is 3.03. The summed E-state index contributed by atoms with van der Waals surface area (Å²) in [5.41, 5.74) is 1.60. The zero-order valence-electron chi connectivity index (χ0n) is 13.8. The summed E-state index contributed by atoms with van der Waals surface area (Å²) in [7, 11) is -3.94. The molecule has 0 aliphatic rings. The molecule has 0 spiro atoms. The van der Waals surface area contributed by atoms with Gasteiger partial charge in [-0.05, 0) is 55.2 Å². The van der Waals surface area contributed by atoms with E-state index in [1.165, 1.54) is 30.5 Å². The summed E-state index contributed by atoms with van der Waals surface area (Å²) in [6, 6.07) is 16.1. The first-order chi connectivity index (χ1) is 12.4. The number of carbonyl (C=O) groups excluding carboxylic acids is 1. The summed E-state index contributed by atoms with van der Waals surface area (Å²) in [5.74, 6) is -0.398. The Morgan fingerprint density at radius 1 is 1.00 bits per heavy atom. The molecule has 7 nitrogen and oxygen atoms in total. The van der Waals surface area contributed by atoms with Gasteiger partial charge in [0.05, 0.1) is 4.90 Å². The molecule has 1 amide bonds. The van der Waals surface area contributed by atoms with E-state index in [0.717, 1.165) is 0 Å². The molecule has 3 aromatic rings. The van der Waals surface area contributed by atoms with Crippen molar-refractivity contribution < 1.29 is 13.2 Å². The smallest absolute Gasteiger partial charge is 0.255 e. The summed E-state index contributed by atoms with van der Waals surface area (Å²) < 4.78 is 28.3. The Morgan fingerprint density at radius 2 is 1.69 bits per heavy atom. The first-order valence-corrected chi connectivity index (χ1v) is 9.12. The fourth-order valence-electron chi connectivity index (χ4n) is 2.14. The maximum absolute atomic E-state index is 12.3. The van der Waals surface area contributed by atoms with Gasteiger partial charge in [-0.15, -0.1) is 0 Å². The molecule has 0 aliphatic heterocycles. The number of anilines is 1. The molecule has 2 aromatic carbocycles. The molecule has 0 aliphatic carbocycles. The third-order valence-corrected chi connectivity index (χ3v) is 4.70. The van der Waals surface area contributed by atoms with E-state index >= 15 is 0 Å². The molecule has 0 saturated heterocycles. The van der Waals surface area contributed by atoms with Crippen LogP contribution < -0.4 is 5.32 Å². The molecule has 0 atom stereocenters. The van der Waals surface area contributed by atoms with Crippen LogP contribution in [0.2, 0.25) is 0 Å². The van der Waals surface area contributed by atoms with E-state index in [1.807, 2.05) is 6.07 Å². The van der Waals surface area contributed by atoms with E-state index in [1.54, 1.807) is 37.3 Å². The molecule has 3 rings (SSSR count). The number of hydrogen-bond acceptors (Lipinski definition) is 5. The minimum atomic E-state index is -3.94. The van der Waals surface area contributed by atoms with Gasteiger partial charge in [0.2, 0.25) is 10.0 Å². The highest BCUT2D eigenvalue weighted by Crippen LogP contribution is 2.25. The summed E-state index contributed by atoms with van der Waals surface area (Å²) in [6.45, 7) is 1.72. The number of rotatable bonds is 5. The first kappa shape index (κ1) is 17.6. The number of sulfonamides is 1. The van der Waals surface area contributed by atoms with Gasteiger partial charge >= 0.3 is 0 Å². The molecule has 8 heteroatoms. The van der Waals surface area contributed by atoms with Crippen molar-refractivity contribution in [2.45, 2.75) is 11.8 Å². The van der Waals surface area contributed by atoms with Gasteiger partial charge in [-0.2, -0.15) is 0 Å². The number of carbonyl (C=O) groups is 1. The van der Waals surface area contributed by atoms with Crippen LogP contribution in [0.15, 0.2) is 71.8 Å². The molecule has 0 radical (unpaired) electrons. The molecule has 1 aromatic heterocycles. The van der Waals surface area contributed by atoms with Crippen LogP contribution in [0.5, 0.6) is 0 Å². The summed E-state index contributed by atoms with van der Waals surface area (Å²) in [4.78, 5) is 19.9. The molecule has 132 valence electrons. The van der Waals surface area contributed by atoms with Crippen molar-refractivity contribution in [3.8, 4) is 0 Å². The number of hydrogen-bond donors (Lipinski definition) is 1. The SMILES string of the molecule is Cc1ccnc([N-]S(=O)(=O)c2ccc(NC(=O)c3ccccc3)cc2)n1. The molecule has 0 unspecified atom stereocenters. The quantitative estimate of drug-likeness (QED) is 0.744. The fraction of sp³-hybridized carbons (Fsp3) is 0.0556. The van der Waals surface area contributed by atoms with Crippen LogP contribution in [0.3, 0.4) is 0 Å². The molecule has 26 heavy (non-hydrogen) atoms. The van der Waals surface area contributed by atoms with Crippen LogP contribution in [0, 0.1) is 6.92 Å². The maximum atomic E-state index is 12.3. The largest absolute Gasteiger partial charge is 0.366 e. The highest BCUT2D eigenvalue weighted by Gasteiger charge is 2.12. The van der Waals surface area contributed by atoms with Crippen LogP contribution in [-0.2, 0) is 10.0 Å². The second-order valence-corrected chi connectivity index (χ2v) is 7.01. The van der Waals surface area contributed by atoms with Crippen molar-refractivity contribution in [1.29, 1.82) is 0 Å². The lowest BCUT2D eigenvalue weighted by molar-refractivity contribution is 0.102. The zero-order chi connectivity index (χ0) is 18.6. The zero-order valence-corrected chi connectivity index (χ0v) is 14.6. The Balaban J connectivity index is 1.73. The van der Waals surface area contributed by atoms with Crippen LogP contribution >= 0.6 is 0 Å². The molecule has 1 N–H and O–H groups in total. The van der Waals surface area contributed by atoms with Crippen molar-refractivity contribution in [1.82, 2.24) is 9.97 Å². The third-order valence-electron chi connectivity index (χ3n) is 3.43. The van der Waals surface area contributed by atoms with Gasteiger partial charge in [-0.3, -0.25) is 9.52 Å². The standard InChI is InChI=1S/C18H16N4O3S/c1-13-11-12-19-18(20-13)22-26(24,25)16-9-7-15(8-10-16)21-17(23)14-5-3-2-4-6-14/h2-12H,1H3,(H2,19,20,21,22,23)/p-1. The highest BCUT2D eigenvalue weighted by molar-refractivity contribution is 7.94. The molecule has 0 saturated carbocycles. The Hall–Kier alpha value is -3.26. The van der Waals surface area contributed by atoms with Gasteiger partial charge in [0.25, 0.3) is 5.91 Å². The molecule has 0 fully saturated rings. The average molecular weight is 367 g/mol. The van der Waals surface area contributed by atoms with E-state index < -0.39 is 10.0 Å². The van der Waals surface area contributed by atoms with Gasteiger partial charge in [-0.1, -0.05) is 24.3 Å². The minimum Gasteiger partial charge on any atom is -0.366 e. The van der Waals surface area contributed by atoms with Crippen molar-refractivity contribution >= 4 is 27.6 Å². The number of nitrogens with zero attached hydrogens (tertiary/aromatic N) is 3. The lowest BCUT2D eigenvalue weighted by Crippen LogP contribution is -2.11. The van der Waals surface area contributed by atoms with Crippen LogP contribution in [0.4, 0.5) is 11.6 Å². The van der Waals surface area contributed by atoms with Crippen LogP contribution in [0.25, 0.3) is 4.72 Å². The first-order valence-electron chi connectivity index (χ1n) is 7.68. The van der Waals surface area contributed by atoms with Crippen LogP contribution in [0.1, 0.15) is 16.1 Å². The number of nitrogens with one attached hydrogen (secondary N) is 1. The summed E-state index contributed by atoms with van der Waals surface area (Å²) >= 11 is 0. The average Bonchev–Trinajstić information content (AvgIpc) is 2.62. The molecular weight excluding hydrogens is 352 g/mol. The predicted octanol–water partition coefficient (Wildman–Crippen LogP) is 3.43. The Labute approximate surface area is 151 Å². The van der Waals surface area contributed by atoms with Crippen molar-refractivity contribution in [2.75, 3.05) is 5.32 Å². The van der Waals surface area contributed by atoms with E-state index in [4.69, 9.17) is 0 Å². The van der Waals surface area contributed by atoms with Gasteiger partial charge in [0.15, 0.2) is 0 Å². The molecular formula is C18H15N4O3S-. The van der Waals surface area contributed by atoms with Crippen molar-refractivity contribution in [3.05, 3.63) is 82.8 Å². The molecule has 1 heterocycles. The lowest BCUT2D eigenvalue weighted by atomic mass is 10.2. The van der Waals surface area contributed by atoms with Gasteiger partial charge in [0.1, 0.15) is 0 Å². The van der Waals surface area contributed by atoms with Gasteiger partial charge in [0, 0.05) is 17.2 Å². The van der Waals surface area contributed by atoms with Gasteiger partial charge < -0.3 is 15.3 Å². The second kappa shape index (κ2) is 7.32. The Morgan fingerprint density at radius 3 is 2.35 bits per heavy atom.